The van der Waals surface area contributed by atoms with Crippen molar-refractivity contribution in [3.63, 3.8) is 0 Å². The molecule has 0 radical (unpaired) electrons. The van der Waals surface area contributed by atoms with Crippen molar-refractivity contribution in [1.82, 2.24) is 4.90 Å². The predicted molar refractivity (Wildman–Crippen MR) is 123 cm³/mol. The topological polar surface area (TPSA) is 46.6 Å². The normalized spacial score (nSPS) is 11.1. The monoisotopic (exact) mass is 409 g/mol. The molecule has 0 heterocycles. The number of carbonyl (C=O) groups is 2. The van der Waals surface area contributed by atoms with Crippen LogP contribution in [0.15, 0.2) is 12.2 Å². The minimum atomic E-state index is -0.402. The van der Waals surface area contributed by atoms with E-state index in [1.807, 2.05) is 4.90 Å². The third kappa shape index (κ3) is 18.4. The highest BCUT2D eigenvalue weighted by Crippen LogP contribution is 2.08. The summed E-state index contributed by atoms with van der Waals surface area (Å²) in [6.45, 7) is 8.60. The van der Waals surface area contributed by atoms with Crippen molar-refractivity contribution in [2.24, 2.45) is 0 Å². The summed E-state index contributed by atoms with van der Waals surface area (Å²) in [4.78, 5) is 26.3. The smallest absolute Gasteiger partial charge is 0.330 e. The molecule has 1 amide bonds. The molecule has 0 fully saturated rings. The second-order valence-corrected chi connectivity index (χ2v) is 8.07. The molecule has 0 aliphatic rings. The SMILES string of the molecule is CCCCCCCCCOC(=O)/C=C/C(=O)N(CCCCCC)CCCCCC. The average Bonchev–Trinajstić information content (AvgIpc) is 2.72. The highest BCUT2D eigenvalue weighted by Gasteiger charge is 2.10. The van der Waals surface area contributed by atoms with Gasteiger partial charge in [-0.25, -0.2) is 4.79 Å². The summed E-state index contributed by atoms with van der Waals surface area (Å²) in [5, 5.41) is 0. The van der Waals surface area contributed by atoms with E-state index < -0.39 is 5.97 Å². The minimum Gasteiger partial charge on any atom is -0.463 e. The van der Waals surface area contributed by atoms with Crippen LogP contribution >= 0.6 is 0 Å². The second-order valence-electron chi connectivity index (χ2n) is 8.07. The Bertz CT molecular complexity index is 408. The Morgan fingerprint density at radius 1 is 0.621 bits per heavy atom. The van der Waals surface area contributed by atoms with Crippen LogP contribution in [-0.4, -0.2) is 36.5 Å². The van der Waals surface area contributed by atoms with E-state index >= 15 is 0 Å². The molecule has 0 aromatic rings. The summed E-state index contributed by atoms with van der Waals surface area (Å²) in [5.74, 6) is -0.466. The van der Waals surface area contributed by atoms with Crippen LogP contribution in [0.1, 0.15) is 117 Å². The number of hydrogen-bond acceptors (Lipinski definition) is 3. The molecule has 0 saturated carbocycles. The fraction of sp³-hybridized carbons (Fsp3) is 0.840. The van der Waals surface area contributed by atoms with Gasteiger partial charge in [-0.3, -0.25) is 4.79 Å². The van der Waals surface area contributed by atoms with Gasteiger partial charge in [-0.05, 0) is 19.3 Å². The van der Waals surface area contributed by atoms with Crippen molar-refractivity contribution in [2.75, 3.05) is 19.7 Å². The first kappa shape index (κ1) is 27.7. The molecule has 0 aromatic heterocycles. The zero-order valence-corrected chi connectivity index (χ0v) is 19.6. The van der Waals surface area contributed by atoms with Gasteiger partial charge in [0.2, 0.25) is 5.91 Å². The van der Waals surface area contributed by atoms with Crippen LogP contribution in [-0.2, 0) is 14.3 Å². The molecule has 0 N–H and O–H groups in total. The van der Waals surface area contributed by atoms with Crippen molar-refractivity contribution >= 4 is 11.9 Å². The molecular formula is C25H47NO3. The molecule has 0 unspecified atom stereocenters. The maximum atomic E-state index is 12.5. The highest BCUT2D eigenvalue weighted by molar-refractivity contribution is 5.94. The molecular weight excluding hydrogens is 362 g/mol. The van der Waals surface area contributed by atoms with Gasteiger partial charge in [0.25, 0.3) is 0 Å². The fourth-order valence-corrected chi connectivity index (χ4v) is 3.32. The maximum Gasteiger partial charge on any atom is 0.330 e. The van der Waals surface area contributed by atoms with Crippen LogP contribution in [0.3, 0.4) is 0 Å². The number of rotatable bonds is 20. The first-order valence-electron chi connectivity index (χ1n) is 12.3. The summed E-state index contributed by atoms with van der Waals surface area (Å²) >= 11 is 0. The lowest BCUT2D eigenvalue weighted by Crippen LogP contribution is -2.31. The van der Waals surface area contributed by atoms with Gasteiger partial charge < -0.3 is 9.64 Å². The Balaban J connectivity index is 4.13. The van der Waals surface area contributed by atoms with Crippen LogP contribution in [0.5, 0.6) is 0 Å². The van der Waals surface area contributed by atoms with Crippen molar-refractivity contribution < 1.29 is 14.3 Å². The number of amides is 1. The Labute approximate surface area is 180 Å². The summed E-state index contributed by atoms with van der Waals surface area (Å²) in [6, 6.07) is 0. The molecule has 29 heavy (non-hydrogen) atoms. The Kier molecular flexibility index (Phi) is 20.4. The van der Waals surface area contributed by atoms with Crippen molar-refractivity contribution in [3.8, 4) is 0 Å². The lowest BCUT2D eigenvalue weighted by molar-refractivity contribution is -0.138. The van der Waals surface area contributed by atoms with E-state index in [0.29, 0.717) is 6.61 Å². The van der Waals surface area contributed by atoms with Crippen molar-refractivity contribution in [2.45, 2.75) is 117 Å². The number of esters is 1. The van der Waals surface area contributed by atoms with Crippen molar-refractivity contribution in [1.29, 1.82) is 0 Å². The van der Waals surface area contributed by atoms with Crippen molar-refractivity contribution in [3.05, 3.63) is 12.2 Å². The summed E-state index contributed by atoms with van der Waals surface area (Å²) in [5.41, 5.74) is 0. The molecule has 0 spiro atoms. The molecule has 4 heteroatoms. The van der Waals surface area contributed by atoms with Gasteiger partial charge in [0.05, 0.1) is 6.61 Å². The quantitative estimate of drug-likeness (QED) is 0.126. The molecule has 4 nitrogen and oxygen atoms in total. The number of hydrogen-bond donors (Lipinski definition) is 0. The Morgan fingerprint density at radius 3 is 1.59 bits per heavy atom. The van der Waals surface area contributed by atoms with Crippen LogP contribution in [0.2, 0.25) is 0 Å². The van der Waals surface area contributed by atoms with Gasteiger partial charge in [0, 0.05) is 25.2 Å². The molecule has 170 valence electrons. The van der Waals surface area contributed by atoms with Crippen LogP contribution < -0.4 is 0 Å². The first-order chi connectivity index (χ1) is 14.2. The van der Waals surface area contributed by atoms with Crippen LogP contribution in [0, 0.1) is 0 Å². The minimum absolute atomic E-state index is 0.0640. The standard InChI is InChI=1S/C25H47NO3/c1-4-7-10-13-14-15-18-23-29-25(28)20-19-24(27)26(21-16-11-8-5-2)22-17-12-9-6-3/h19-20H,4-18,21-23H2,1-3H3/b20-19+. The molecule has 0 aliphatic heterocycles. The number of carbonyl (C=O) groups excluding carboxylic acids is 2. The van der Waals surface area contributed by atoms with E-state index in [1.54, 1.807) is 0 Å². The molecule has 0 aromatic carbocycles. The summed E-state index contributed by atoms with van der Waals surface area (Å²) in [7, 11) is 0. The van der Waals surface area contributed by atoms with Gasteiger partial charge in [-0.1, -0.05) is 97.8 Å². The molecule has 0 rings (SSSR count). The molecule has 0 aliphatic carbocycles. The zero-order valence-electron chi connectivity index (χ0n) is 19.6. The number of nitrogens with zero attached hydrogens (tertiary/aromatic N) is 1. The number of ether oxygens (including phenoxy) is 1. The van der Waals surface area contributed by atoms with Crippen LogP contribution in [0.25, 0.3) is 0 Å². The largest absolute Gasteiger partial charge is 0.463 e. The third-order valence-electron chi connectivity index (χ3n) is 5.23. The van der Waals surface area contributed by atoms with E-state index in [1.165, 1.54) is 69.9 Å². The summed E-state index contributed by atoms with van der Waals surface area (Å²) in [6.07, 6.45) is 20.2. The maximum absolute atomic E-state index is 12.5. The second kappa shape index (κ2) is 21.4. The number of unbranched alkanes of at least 4 members (excludes halogenated alkanes) is 12. The first-order valence-corrected chi connectivity index (χ1v) is 12.3. The fourth-order valence-electron chi connectivity index (χ4n) is 3.32. The summed E-state index contributed by atoms with van der Waals surface area (Å²) < 4.78 is 5.23. The van der Waals surface area contributed by atoms with Crippen LogP contribution in [0.4, 0.5) is 0 Å². The van der Waals surface area contributed by atoms with Gasteiger partial charge >= 0.3 is 5.97 Å². The third-order valence-corrected chi connectivity index (χ3v) is 5.23. The highest BCUT2D eigenvalue weighted by atomic mass is 16.5. The lowest BCUT2D eigenvalue weighted by Gasteiger charge is -2.21. The molecule has 0 saturated heterocycles. The van der Waals surface area contributed by atoms with Gasteiger partial charge in [0.15, 0.2) is 0 Å². The lowest BCUT2D eigenvalue weighted by atomic mass is 10.1. The Morgan fingerprint density at radius 2 is 1.07 bits per heavy atom. The van der Waals surface area contributed by atoms with E-state index in [2.05, 4.69) is 20.8 Å². The average molecular weight is 410 g/mol. The molecule has 0 atom stereocenters. The molecule has 0 bridgehead atoms. The van der Waals surface area contributed by atoms with Gasteiger partial charge in [-0.15, -0.1) is 0 Å². The predicted octanol–water partition coefficient (Wildman–Crippen LogP) is 6.83. The van der Waals surface area contributed by atoms with Gasteiger partial charge in [0.1, 0.15) is 0 Å². The zero-order chi connectivity index (χ0) is 21.6. The Hall–Kier alpha value is -1.32. The van der Waals surface area contributed by atoms with E-state index in [4.69, 9.17) is 4.74 Å². The van der Waals surface area contributed by atoms with E-state index in [-0.39, 0.29) is 5.91 Å². The van der Waals surface area contributed by atoms with Gasteiger partial charge in [-0.2, -0.15) is 0 Å². The van der Waals surface area contributed by atoms with E-state index in [0.717, 1.165) is 51.6 Å². The van der Waals surface area contributed by atoms with E-state index in [9.17, 15) is 9.59 Å².